The molecule has 0 saturated heterocycles. The second-order valence-electron chi connectivity index (χ2n) is 4.22. The Morgan fingerprint density at radius 1 is 1.37 bits per heavy atom. The molecule has 0 aliphatic heterocycles. The van der Waals surface area contributed by atoms with Gasteiger partial charge in [-0.15, -0.1) is 10.2 Å². The SMILES string of the molecule is CC(Sc1nncn1C)C(=O)N(C)c1ccccc1. The van der Waals surface area contributed by atoms with E-state index in [1.54, 1.807) is 22.8 Å². The molecule has 0 fully saturated rings. The summed E-state index contributed by atoms with van der Waals surface area (Å²) >= 11 is 1.41. The van der Waals surface area contributed by atoms with Crippen LogP contribution in [0.15, 0.2) is 41.8 Å². The Morgan fingerprint density at radius 3 is 2.63 bits per heavy atom. The molecule has 0 N–H and O–H groups in total. The van der Waals surface area contributed by atoms with E-state index in [0.717, 1.165) is 10.8 Å². The fourth-order valence-corrected chi connectivity index (χ4v) is 2.52. The zero-order chi connectivity index (χ0) is 13.8. The van der Waals surface area contributed by atoms with Crippen molar-refractivity contribution in [2.24, 2.45) is 7.05 Å². The van der Waals surface area contributed by atoms with Crippen molar-refractivity contribution >= 4 is 23.4 Å². The molecule has 1 unspecified atom stereocenters. The lowest BCUT2D eigenvalue weighted by molar-refractivity contribution is -0.117. The summed E-state index contributed by atoms with van der Waals surface area (Å²) in [6, 6.07) is 9.59. The number of aryl methyl sites for hydroxylation is 1. The molecule has 2 aromatic rings. The van der Waals surface area contributed by atoms with Gasteiger partial charge in [0.25, 0.3) is 0 Å². The third-order valence-corrected chi connectivity index (χ3v) is 3.91. The number of carbonyl (C=O) groups excluding carboxylic acids is 1. The van der Waals surface area contributed by atoms with E-state index in [1.165, 1.54) is 11.8 Å². The fourth-order valence-electron chi connectivity index (χ4n) is 1.64. The smallest absolute Gasteiger partial charge is 0.240 e. The third-order valence-electron chi connectivity index (χ3n) is 2.77. The van der Waals surface area contributed by atoms with Gasteiger partial charge in [0.1, 0.15) is 6.33 Å². The molecule has 1 aromatic heterocycles. The molecular formula is C13H16N4OS. The summed E-state index contributed by atoms with van der Waals surface area (Å²) in [6.07, 6.45) is 1.63. The Labute approximate surface area is 116 Å². The Bertz CT molecular complexity index is 555. The standard InChI is InChI=1S/C13H16N4OS/c1-10(19-13-15-14-9-16(13)2)12(18)17(3)11-7-5-4-6-8-11/h4-10H,1-3H3. The van der Waals surface area contributed by atoms with E-state index in [4.69, 9.17) is 0 Å². The lowest BCUT2D eigenvalue weighted by Crippen LogP contribution is -2.33. The quantitative estimate of drug-likeness (QED) is 0.801. The number of para-hydroxylation sites is 1. The Hall–Kier alpha value is -1.82. The predicted octanol–water partition coefficient (Wildman–Crippen LogP) is 1.96. The Morgan fingerprint density at radius 2 is 2.05 bits per heavy atom. The van der Waals surface area contributed by atoms with Crippen LogP contribution in [0, 0.1) is 0 Å². The van der Waals surface area contributed by atoms with Crippen molar-refractivity contribution in [3.63, 3.8) is 0 Å². The van der Waals surface area contributed by atoms with Gasteiger partial charge in [0, 0.05) is 19.8 Å². The predicted molar refractivity (Wildman–Crippen MR) is 76.2 cm³/mol. The summed E-state index contributed by atoms with van der Waals surface area (Å²) in [7, 11) is 3.64. The van der Waals surface area contributed by atoms with E-state index in [2.05, 4.69) is 10.2 Å². The van der Waals surface area contributed by atoms with Crippen molar-refractivity contribution in [2.75, 3.05) is 11.9 Å². The van der Waals surface area contributed by atoms with Gasteiger partial charge in [0.05, 0.1) is 5.25 Å². The summed E-state index contributed by atoms with van der Waals surface area (Å²) < 4.78 is 1.80. The van der Waals surface area contributed by atoms with Crippen molar-refractivity contribution in [3.05, 3.63) is 36.7 Å². The lowest BCUT2D eigenvalue weighted by atomic mass is 10.3. The highest BCUT2D eigenvalue weighted by Crippen LogP contribution is 2.23. The van der Waals surface area contributed by atoms with Crippen LogP contribution in [-0.2, 0) is 11.8 Å². The normalized spacial score (nSPS) is 12.2. The molecule has 1 amide bonds. The van der Waals surface area contributed by atoms with Gasteiger partial charge in [-0.25, -0.2) is 0 Å². The van der Waals surface area contributed by atoms with Crippen molar-refractivity contribution in [1.82, 2.24) is 14.8 Å². The number of aromatic nitrogens is 3. The molecule has 6 heteroatoms. The molecule has 19 heavy (non-hydrogen) atoms. The van der Waals surface area contributed by atoms with Gasteiger partial charge in [-0.1, -0.05) is 30.0 Å². The highest BCUT2D eigenvalue weighted by Gasteiger charge is 2.21. The minimum absolute atomic E-state index is 0.0409. The molecular weight excluding hydrogens is 260 g/mol. The largest absolute Gasteiger partial charge is 0.315 e. The number of amides is 1. The van der Waals surface area contributed by atoms with Gasteiger partial charge in [-0.2, -0.15) is 0 Å². The van der Waals surface area contributed by atoms with Crippen molar-refractivity contribution in [1.29, 1.82) is 0 Å². The number of carbonyl (C=O) groups is 1. The first-order valence-corrected chi connectivity index (χ1v) is 6.81. The minimum Gasteiger partial charge on any atom is -0.315 e. The van der Waals surface area contributed by atoms with Gasteiger partial charge >= 0.3 is 0 Å². The average molecular weight is 276 g/mol. The molecule has 5 nitrogen and oxygen atoms in total. The summed E-state index contributed by atoms with van der Waals surface area (Å²) in [6.45, 7) is 1.88. The number of anilines is 1. The molecule has 0 spiro atoms. The molecule has 1 aromatic carbocycles. The summed E-state index contributed by atoms with van der Waals surface area (Å²) in [5.74, 6) is 0.0409. The third kappa shape index (κ3) is 3.14. The monoisotopic (exact) mass is 276 g/mol. The second kappa shape index (κ2) is 5.88. The van der Waals surface area contributed by atoms with Crippen LogP contribution in [0.1, 0.15) is 6.92 Å². The number of rotatable bonds is 4. The molecule has 2 rings (SSSR count). The molecule has 0 bridgehead atoms. The number of nitrogens with zero attached hydrogens (tertiary/aromatic N) is 4. The molecule has 100 valence electrons. The molecule has 0 aliphatic rings. The summed E-state index contributed by atoms with van der Waals surface area (Å²) in [5.41, 5.74) is 0.887. The first kappa shape index (κ1) is 13.6. The van der Waals surface area contributed by atoms with E-state index in [9.17, 15) is 4.79 Å². The van der Waals surface area contributed by atoms with Crippen LogP contribution in [0.5, 0.6) is 0 Å². The van der Waals surface area contributed by atoms with Crippen LogP contribution in [0.2, 0.25) is 0 Å². The maximum atomic E-state index is 12.3. The van der Waals surface area contributed by atoms with Gasteiger partial charge in [-0.05, 0) is 19.1 Å². The molecule has 1 heterocycles. The first-order valence-electron chi connectivity index (χ1n) is 5.93. The average Bonchev–Trinajstić information content (AvgIpc) is 2.83. The van der Waals surface area contributed by atoms with E-state index in [-0.39, 0.29) is 11.2 Å². The number of hydrogen-bond donors (Lipinski definition) is 0. The fraction of sp³-hybridized carbons (Fsp3) is 0.308. The Balaban J connectivity index is 2.05. The number of benzene rings is 1. The van der Waals surface area contributed by atoms with Crippen LogP contribution >= 0.6 is 11.8 Å². The topological polar surface area (TPSA) is 51.0 Å². The Kier molecular flexibility index (Phi) is 4.21. The van der Waals surface area contributed by atoms with Crippen LogP contribution in [0.3, 0.4) is 0 Å². The van der Waals surface area contributed by atoms with E-state index in [1.807, 2.05) is 44.3 Å². The van der Waals surface area contributed by atoms with Crippen LogP contribution in [-0.4, -0.2) is 33.0 Å². The van der Waals surface area contributed by atoms with Gasteiger partial charge in [0.2, 0.25) is 5.91 Å². The summed E-state index contributed by atoms with van der Waals surface area (Å²) in [5, 5.41) is 8.30. The van der Waals surface area contributed by atoms with E-state index < -0.39 is 0 Å². The van der Waals surface area contributed by atoms with Gasteiger partial charge in [-0.3, -0.25) is 4.79 Å². The highest BCUT2D eigenvalue weighted by molar-refractivity contribution is 8.00. The van der Waals surface area contributed by atoms with Crippen LogP contribution in [0.25, 0.3) is 0 Å². The maximum absolute atomic E-state index is 12.3. The molecule has 0 radical (unpaired) electrons. The number of hydrogen-bond acceptors (Lipinski definition) is 4. The van der Waals surface area contributed by atoms with Crippen molar-refractivity contribution in [2.45, 2.75) is 17.3 Å². The van der Waals surface area contributed by atoms with Crippen molar-refractivity contribution < 1.29 is 4.79 Å². The molecule has 0 aliphatic carbocycles. The van der Waals surface area contributed by atoms with E-state index >= 15 is 0 Å². The second-order valence-corrected chi connectivity index (χ2v) is 5.53. The maximum Gasteiger partial charge on any atom is 0.240 e. The number of thioether (sulfide) groups is 1. The molecule has 0 saturated carbocycles. The van der Waals surface area contributed by atoms with Crippen LogP contribution < -0.4 is 4.90 Å². The minimum atomic E-state index is -0.215. The highest BCUT2D eigenvalue weighted by atomic mass is 32.2. The first-order chi connectivity index (χ1) is 9.09. The van der Waals surface area contributed by atoms with Crippen molar-refractivity contribution in [3.8, 4) is 0 Å². The lowest BCUT2D eigenvalue weighted by Gasteiger charge is -2.20. The summed E-state index contributed by atoms with van der Waals surface area (Å²) in [4.78, 5) is 14.0. The van der Waals surface area contributed by atoms with Gasteiger partial charge in [0.15, 0.2) is 5.16 Å². The zero-order valence-electron chi connectivity index (χ0n) is 11.1. The van der Waals surface area contributed by atoms with Gasteiger partial charge < -0.3 is 9.47 Å². The zero-order valence-corrected chi connectivity index (χ0v) is 12.0. The molecule has 1 atom stereocenters. The van der Waals surface area contributed by atoms with E-state index in [0.29, 0.717) is 0 Å². The van der Waals surface area contributed by atoms with Crippen LogP contribution in [0.4, 0.5) is 5.69 Å².